The summed E-state index contributed by atoms with van der Waals surface area (Å²) < 4.78 is 1.95. The second-order valence-electron chi connectivity index (χ2n) is 3.05. The third-order valence-corrected chi connectivity index (χ3v) is 1.99. The predicted octanol–water partition coefficient (Wildman–Crippen LogP) is 3.04. The summed E-state index contributed by atoms with van der Waals surface area (Å²) in [6.07, 6.45) is 7.77. The van der Waals surface area contributed by atoms with Crippen molar-refractivity contribution in [1.29, 1.82) is 0 Å². The van der Waals surface area contributed by atoms with Crippen LogP contribution in [0, 0.1) is 0 Å². The van der Waals surface area contributed by atoms with Gasteiger partial charge in [-0.25, -0.2) is 4.98 Å². The number of hydrogen-bond donors (Lipinski definition) is 0. The Hall–Kier alpha value is -1.83. The van der Waals surface area contributed by atoms with Crippen LogP contribution in [0.4, 0.5) is 0 Å². The van der Waals surface area contributed by atoms with Crippen LogP contribution in [0.25, 0.3) is 17.5 Å². The Morgan fingerprint density at radius 3 is 2.71 bits per heavy atom. The lowest BCUT2D eigenvalue weighted by molar-refractivity contribution is 1.13. The summed E-state index contributed by atoms with van der Waals surface area (Å²) in [5.74, 6) is 0. The van der Waals surface area contributed by atoms with E-state index in [2.05, 4.69) is 17.1 Å². The van der Waals surface area contributed by atoms with Gasteiger partial charge in [0.05, 0.1) is 12.0 Å². The summed E-state index contributed by atoms with van der Waals surface area (Å²) in [6, 6.07) is 10.2. The maximum absolute atomic E-state index is 4.32. The second kappa shape index (κ2) is 3.92. The number of rotatable bonds is 2. The van der Waals surface area contributed by atoms with Crippen LogP contribution in [0.5, 0.6) is 0 Å². The van der Waals surface area contributed by atoms with Crippen molar-refractivity contribution in [1.82, 2.24) is 9.55 Å². The predicted molar refractivity (Wildman–Crippen MR) is 58.7 cm³/mol. The van der Waals surface area contributed by atoms with Crippen LogP contribution in [-0.2, 0) is 0 Å². The summed E-state index contributed by atoms with van der Waals surface area (Å²) >= 11 is 0. The normalized spacial score (nSPS) is 10.9. The van der Waals surface area contributed by atoms with E-state index in [1.54, 1.807) is 0 Å². The summed E-state index contributed by atoms with van der Waals surface area (Å²) in [5.41, 5.74) is 2.15. The number of imidazole rings is 1. The van der Waals surface area contributed by atoms with Crippen molar-refractivity contribution >= 4 is 6.20 Å². The molecule has 1 aromatic heterocycles. The molecule has 0 N–H and O–H groups in total. The maximum Gasteiger partial charge on any atom is 0.0994 e. The molecule has 0 aliphatic carbocycles. The molecule has 0 amide bonds. The smallest absolute Gasteiger partial charge is 0.0994 e. The minimum atomic E-state index is 1.00. The first-order chi connectivity index (χ1) is 6.90. The lowest BCUT2D eigenvalue weighted by Crippen LogP contribution is -1.77. The zero-order chi connectivity index (χ0) is 9.80. The van der Waals surface area contributed by atoms with Crippen LogP contribution in [0.2, 0.25) is 0 Å². The molecule has 0 saturated heterocycles. The highest BCUT2D eigenvalue weighted by atomic mass is 15.0. The Morgan fingerprint density at radius 1 is 1.21 bits per heavy atom. The Kier molecular flexibility index (Phi) is 2.45. The molecule has 2 aromatic rings. The highest BCUT2D eigenvalue weighted by Crippen LogP contribution is 2.15. The molecule has 1 heterocycles. The fraction of sp³-hybridized carbons (Fsp3) is 0.0833. The van der Waals surface area contributed by atoms with Crippen LogP contribution in [-0.4, -0.2) is 9.55 Å². The van der Waals surface area contributed by atoms with Crippen molar-refractivity contribution in [3.63, 3.8) is 0 Å². The van der Waals surface area contributed by atoms with Gasteiger partial charge < -0.3 is 4.57 Å². The van der Waals surface area contributed by atoms with Crippen molar-refractivity contribution in [3.05, 3.63) is 48.9 Å². The van der Waals surface area contributed by atoms with Gasteiger partial charge in [-0.2, -0.15) is 0 Å². The SMILES string of the molecule is C/C=C\n1cnc(-c2ccccc2)c1. The maximum atomic E-state index is 4.32. The largest absolute Gasteiger partial charge is 0.313 e. The summed E-state index contributed by atoms with van der Waals surface area (Å²) in [4.78, 5) is 4.32. The molecule has 1 aromatic carbocycles. The fourth-order valence-corrected chi connectivity index (χ4v) is 1.35. The molecule has 0 fully saturated rings. The molecule has 0 aliphatic heterocycles. The number of nitrogens with zero attached hydrogens (tertiary/aromatic N) is 2. The minimum absolute atomic E-state index is 1.00. The standard InChI is InChI=1S/C12H12N2/c1-2-8-14-9-12(13-10-14)11-6-4-3-5-7-11/h2-10H,1H3/b8-2-. The van der Waals surface area contributed by atoms with Crippen LogP contribution in [0.15, 0.2) is 48.9 Å². The number of allylic oxidation sites excluding steroid dienone is 1. The van der Waals surface area contributed by atoms with E-state index in [0.29, 0.717) is 0 Å². The van der Waals surface area contributed by atoms with Gasteiger partial charge in [0.1, 0.15) is 0 Å². The second-order valence-corrected chi connectivity index (χ2v) is 3.05. The Morgan fingerprint density at radius 2 is 2.00 bits per heavy atom. The fourth-order valence-electron chi connectivity index (χ4n) is 1.35. The monoisotopic (exact) mass is 184 g/mol. The molecular weight excluding hydrogens is 172 g/mol. The highest BCUT2D eigenvalue weighted by Gasteiger charge is 1.98. The lowest BCUT2D eigenvalue weighted by atomic mass is 10.2. The van der Waals surface area contributed by atoms with E-state index in [1.165, 1.54) is 0 Å². The first-order valence-corrected chi connectivity index (χ1v) is 4.62. The summed E-state index contributed by atoms with van der Waals surface area (Å²) in [7, 11) is 0. The lowest BCUT2D eigenvalue weighted by Gasteiger charge is -1.93. The van der Waals surface area contributed by atoms with Crippen molar-refractivity contribution in [2.24, 2.45) is 0 Å². The Bertz CT molecular complexity index is 427. The molecule has 2 heteroatoms. The van der Waals surface area contributed by atoms with Crippen molar-refractivity contribution in [2.45, 2.75) is 6.92 Å². The molecule has 2 rings (SSSR count). The third kappa shape index (κ3) is 1.74. The summed E-state index contributed by atoms with van der Waals surface area (Å²) in [5, 5.41) is 0. The van der Waals surface area contributed by atoms with Crippen molar-refractivity contribution < 1.29 is 0 Å². The molecule has 0 unspecified atom stereocenters. The van der Waals surface area contributed by atoms with Crippen LogP contribution in [0.1, 0.15) is 6.92 Å². The zero-order valence-corrected chi connectivity index (χ0v) is 8.09. The van der Waals surface area contributed by atoms with E-state index in [4.69, 9.17) is 0 Å². The molecular formula is C12H12N2. The van der Waals surface area contributed by atoms with Gasteiger partial charge in [-0.3, -0.25) is 0 Å². The van der Waals surface area contributed by atoms with E-state index >= 15 is 0 Å². The van der Waals surface area contributed by atoms with Gasteiger partial charge in [-0.15, -0.1) is 0 Å². The van der Waals surface area contributed by atoms with Gasteiger partial charge in [0.2, 0.25) is 0 Å². The van der Waals surface area contributed by atoms with E-state index in [-0.39, 0.29) is 0 Å². The zero-order valence-electron chi connectivity index (χ0n) is 8.09. The molecule has 0 saturated carbocycles. The number of benzene rings is 1. The van der Waals surface area contributed by atoms with E-state index in [0.717, 1.165) is 11.3 Å². The molecule has 0 atom stereocenters. The first-order valence-electron chi connectivity index (χ1n) is 4.62. The molecule has 0 spiro atoms. The topological polar surface area (TPSA) is 17.8 Å². The third-order valence-electron chi connectivity index (χ3n) is 1.99. The van der Waals surface area contributed by atoms with Gasteiger partial charge in [0, 0.05) is 18.0 Å². The molecule has 0 bridgehead atoms. The number of hydrogen-bond acceptors (Lipinski definition) is 1. The van der Waals surface area contributed by atoms with Crippen LogP contribution < -0.4 is 0 Å². The minimum Gasteiger partial charge on any atom is -0.313 e. The van der Waals surface area contributed by atoms with Gasteiger partial charge in [-0.05, 0) is 6.92 Å². The van der Waals surface area contributed by atoms with E-state index in [9.17, 15) is 0 Å². The van der Waals surface area contributed by atoms with Crippen molar-refractivity contribution in [3.8, 4) is 11.3 Å². The average molecular weight is 184 g/mol. The van der Waals surface area contributed by atoms with Gasteiger partial charge >= 0.3 is 0 Å². The molecule has 0 radical (unpaired) electrons. The highest BCUT2D eigenvalue weighted by molar-refractivity contribution is 5.58. The molecule has 2 nitrogen and oxygen atoms in total. The first kappa shape index (κ1) is 8.75. The van der Waals surface area contributed by atoms with Crippen molar-refractivity contribution in [2.75, 3.05) is 0 Å². The molecule has 70 valence electrons. The van der Waals surface area contributed by atoms with Gasteiger partial charge in [0.15, 0.2) is 0 Å². The molecule has 14 heavy (non-hydrogen) atoms. The summed E-state index contributed by atoms with van der Waals surface area (Å²) in [6.45, 7) is 1.99. The van der Waals surface area contributed by atoms with Crippen LogP contribution >= 0.6 is 0 Å². The Balaban J connectivity index is 2.34. The van der Waals surface area contributed by atoms with Crippen LogP contribution in [0.3, 0.4) is 0 Å². The van der Waals surface area contributed by atoms with Gasteiger partial charge in [-0.1, -0.05) is 36.4 Å². The molecule has 0 aliphatic rings. The number of aromatic nitrogens is 2. The Labute approximate surface area is 83.5 Å². The van der Waals surface area contributed by atoms with E-state index in [1.807, 2.05) is 54.5 Å². The average Bonchev–Trinajstić information content (AvgIpc) is 2.68. The quantitative estimate of drug-likeness (QED) is 0.701. The van der Waals surface area contributed by atoms with Gasteiger partial charge in [0.25, 0.3) is 0 Å². The van der Waals surface area contributed by atoms with E-state index < -0.39 is 0 Å².